The van der Waals surface area contributed by atoms with Gasteiger partial charge in [0.2, 0.25) is 10.0 Å². The molecule has 3 rings (SSSR count). The van der Waals surface area contributed by atoms with Gasteiger partial charge in [-0.25, -0.2) is 21.6 Å². The highest BCUT2D eigenvalue weighted by Gasteiger charge is 2.31. The molecule has 3 aromatic rings. The Morgan fingerprint density at radius 1 is 0.900 bits per heavy atom. The molecule has 1 heterocycles. The molecule has 0 aliphatic heterocycles. The molecule has 7 nitrogen and oxygen atoms in total. The number of sulfone groups is 1. The van der Waals surface area contributed by atoms with Crippen molar-refractivity contribution in [2.75, 3.05) is 20.8 Å². The summed E-state index contributed by atoms with van der Waals surface area (Å²) < 4.78 is 64.9. The second kappa shape index (κ2) is 9.17. The van der Waals surface area contributed by atoms with Gasteiger partial charge in [0.15, 0.2) is 21.3 Å². The Morgan fingerprint density at radius 2 is 1.60 bits per heavy atom. The van der Waals surface area contributed by atoms with Crippen molar-refractivity contribution in [2.45, 2.75) is 14.4 Å². The molecule has 0 unspecified atom stereocenters. The molecule has 160 valence electrons. The monoisotopic (exact) mass is 467 g/mol. The summed E-state index contributed by atoms with van der Waals surface area (Å²) >= 11 is 1.10. The van der Waals surface area contributed by atoms with Crippen molar-refractivity contribution in [2.24, 2.45) is 0 Å². The summed E-state index contributed by atoms with van der Waals surface area (Å²) in [5.74, 6) is 0.644. The highest BCUT2D eigenvalue weighted by atomic mass is 32.2. The first-order chi connectivity index (χ1) is 14.3. The molecule has 0 fully saturated rings. The van der Waals surface area contributed by atoms with Gasteiger partial charge < -0.3 is 9.47 Å². The Bertz CT molecular complexity index is 1190. The topological polar surface area (TPSA) is 98.8 Å². The third-order valence-electron chi connectivity index (χ3n) is 4.45. The largest absolute Gasteiger partial charge is 0.493 e. The summed E-state index contributed by atoms with van der Waals surface area (Å²) in [6.45, 7) is -0.319. The highest BCUT2D eigenvalue weighted by Crippen LogP contribution is 2.32. The quantitative estimate of drug-likeness (QED) is 0.519. The van der Waals surface area contributed by atoms with E-state index in [2.05, 4.69) is 4.72 Å². The number of rotatable bonds is 9. The molecule has 0 spiro atoms. The van der Waals surface area contributed by atoms with Gasteiger partial charge in [0.05, 0.1) is 19.1 Å². The minimum absolute atomic E-state index is 0.0551. The number of hydrogen-bond acceptors (Lipinski definition) is 7. The average molecular weight is 468 g/mol. The molecule has 0 radical (unpaired) electrons. The summed E-state index contributed by atoms with van der Waals surface area (Å²) in [4.78, 5) is -0.0551. The molecule has 1 aromatic heterocycles. The zero-order chi connectivity index (χ0) is 21.8. The summed E-state index contributed by atoms with van der Waals surface area (Å²) in [5.41, 5.74) is 0.501. The van der Waals surface area contributed by atoms with Gasteiger partial charge in [-0.1, -0.05) is 36.4 Å². The molecular weight excluding hydrogens is 446 g/mol. The van der Waals surface area contributed by atoms with E-state index in [1.54, 1.807) is 41.8 Å². The lowest BCUT2D eigenvalue weighted by Crippen LogP contribution is -2.31. The van der Waals surface area contributed by atoms with Crippen LogP contribution in [-0.2, 0) is 19.9 Å². The standard InChI is InChI=1S/C20H21NO6S3/c1-26-17-11-10-16(13-18(17)27-2)30(24,25)21-14-19(15-7-4-3-5-8-15)29(22,23)20-9-6-12-28-20/h3-13,19,21H,14H2,1-2H3/t19-/m1/s1. The van der Waals surface area contributed by atoms with Gasteiger partial charge in [0.25, 0.3) is 0 Å². The Hall–Kier alpha value is -2.40. The molecule has 0 saturated heterocycles. The summed E-state index contributed by atoms with van der Waals surface area (Å²) in [6, 6.07) is 15.9. The summed E-state index contributed by atoms with van der Waals surface area (Å²) in [6.07, 6.45) is 0. The Morgan fingerprint density at radius 3 is 2.20 bits per heavy atom. The van der Waals surface area contributed by atoms with Gasteiger partial charge in [-0.15, -0.1) is 11.3 Å². The molecule has 0 saturated carbocycles. The fraction of sp³-hybridized carbons (Fsp3) is 0.200. The smallest absolute Gasteiger partial charge is 0.240 e. The van der Waals surface area contributed by atoms with Crippen molar-refractivity contribution in [3.8, 4) is 11.5 Å². The number of sulfonamides is 1. The van der Waals surface area contributed by atoms with Gasteiger partial charge >= 0.3 is 0 Å². The number of thiophene rings is 1. The van der Waals surface area contributed by atoms with Crippen LogP contribution >= 0.6 is 11.3 Å². The first kappa shape index (κ1) is 22.3. The second-order valence-corrected chi connectivity index (χ2v) is 11.3. The van der Waals surface area contributed by atoms with Gasteiger partial charge in [-0.2, -0.15) is 0 Å². The van der Waals surface area contributed by atoms with Gasteiger partial charge in [-0.05, 0) is 29.1 Å². The van der Waals surface area contributed by atoms with E-state index in [0.29, 0.717) is 11.3 Å². The first-order valence-electron chi connectivity index (χ1n) is 8.83. The van der Waals surface area contributed by atoms with Gasteiger partial charge in [0.1, 0.15) is 9.46 Å². The van der Waals surface area contributed by atoms with E-state index in [0.717, 1.165) is 11.3 Å². The third kappa shape index (κ3) is 4.67. The predicted octanol–water partition coefficient (Wildman–Crippen LogP) is 3.26. The van der Waals surface area contributed by atoms with Crippen LogP contribution in [0.1, 0.15) is 10.8 Å². The highest BCUT2D eigenvalue weighted by molar-refractivity contribution is 7.93. The van der Waals surface area contributed by atoms with Gasteiger partial charge in [-0.3, -0.25) is 0 Å². The van der Waals surface area contributed by atoms with Crippen LogP contribution < -0.4 is 14.2 Å². The van der Waals surface area contributed by atoms with Crippen molar-refractivity contribution in [3.63, 3.8) is 0 Å². The van der Waals surface area contributed by atoms with Crippen molar-refractivity contribution in [1.29, 1.82) is 0 Å². The zero-order valence-electron chi connectivity index (χ0n) is 16.3. The number of nitrogens with one attached hydrogen (secondary N) is 1. The summed E-state index contributed by atoms with van der Waals surface area (Å²) in [7, 11) is -4.94. The van der Waals surface area contributed by atoms with Crippen LogP contribution in [0.4, 0.5) is 0 Å². The molecule has 1 atom stereocenters. The number of hydrogen-bond donors (Lipinski definition) is 1. The molecule has 0 aliphatic rings. The van der Waals surface area contributed by atoms with E-state index in [9.17, 15) is 16.8 Å². The van der Waals surface area contributed by atoms with E-state index >= 15 is 0 Å². The van der Waals surface area contributed by atoms with Gasteiger partial charge in [0, 0.05) is 12.6 Å². The SMILES string of the molecule is COc1ccc(S(=O)(=O)NC[C@H](c2ccccc2)S(=O)(=O)c2cccs2)cc1OC. The minimum atomic E-state index is -4.00. The fourth-order valence-corrected chi connectivity index (χ4v) is 6.93. The van der Waals surface area contributed by atoms with Crippen molar-refractivity contribution in [3.05, 3.63) is 71.6 Å². The van der Waals surface area contributed by atoms with E-state index in [4.69, 9.17) is 9.47 Å². The molecule has 30 heavy (non-hydrogen) atoms. The molecule has 10 heteroatoms. The molecular formula is C20H21NO6S3. The van der Waals surface area contributed by atoms with E-state index in [1.165, 1.54) is 38.5 Å². The molecule has 2 aromatic carbocycles. The van der Waals surface area contributed by atoms with Crippen LogP contribution in [-0.4, -0.2) is 37.6 Å². The van der Waals surface area contributed by atoms with E-state index < -0.39 is 25.1 Å². The van der Waals surface area contributed by atoms with E-state index in [-0.39, 0.29) is 21.4 Å². The van der Waals surface area contributed by atoms with Crippen LogP contribution in [0.25, 0.3) is 0 Å². The van der Waals surface area contributed by atoms with Crippen molar-refractivity contribution < 1.29 is 26.3 Å². The Balaban J connectivity index is 1.93. The average Bonchev–Trinajstić information content (AvgIpc) is 3.30. The normalized spacial score (nSPS) is 13.0. The maximum Gasteiger partial charge on any atom is 0.240 e. The number of benzene rings is 2. The minimum Gasteiger partial charge on any atom is -0.493 e. The lowest BCUT2D eigenvalue weighted by atomic mass is 10.1. The van der Waals surface area contributed by atoms with Crippen LogP contribution in [0.2, 0.25) is 0 Å². The van der Waals surface area contributed by atoms with E-state index in [1.807, 2.05) is 0 Å². The predicted molar refractivity (Wildman–Crippen MR) is 115 cm³/mol. The Kier molecular flexibility index (Phi) is 6.81. The summed E-state index contributed by atoms with van der Waals surface area (Å²) in [5, 5.41) is 0.593. The van der Waals surface area contributed by atoms with Crippen LogP contribution in [0.5, 0.6) is 11.5 Å². The fourth-order valence-electron chi connectivity index (χ4n) is 2.89. The zero-order valence-corrected chi connectivity index (χ0v) is 18.8. The molecule has 0 bridgehead atoms. The Labute approximate surface area is 180 Å². The van der Waals surface area contributed by atoms with Crippen LogP contribution in [0.15, 0.2) is 75.1 Å². The lowest BCUT2D eigenvalue weighted by molar-refractivity contribution is 0.354. The molecule has 0 amide bonds. The third-order valence-corrected chi connectivity index (χ3v) is 9.40. The van der Waals surface area contributed by atoms with Crippen LogP contribution in [0, 0.1) is 0 Å². The molecule has 0 aliphatic carbocycles. The maximum absolute atomic E-state index is 13.2. The number of methoxy groups -OCH3 is 2. The first-order valence-corrected chi connectivity index (χ1v) is 12.7. The van der Waals surface area contributed by atoms with Crippen molar-refractivity contribution in [1.82, 2.24) is 4.72 Å². The maximum atomic E-state index is 13.2. The van der Waals surface area contributed by atoms with Crippen molar-refractivity contribution >= 4 is 31.2 Å². The second-order valence-electron chi connectivity index (χ2n) is 6.25. The molecule has 1 N–H and O–H groups in total. The van der Waals surface area contributed by atoms with Crippen LogP contribution in [0.3, 0.4) is 0 Å². The lowest BCUT2D eigenvalue weighted by Gasteiger charge is -2.18. The number of ether oxygens (including phenoxy) is 2.